The summed E-state index contributed by atoms with van der Waals surface area (Å²) < 4.78 is 0. The van der Waals surface area contributed by atoms with Crippen molar-refractivity contribution in [3.05, 3.63) is 0 Å². The average Bonchev–Trinajstić information content (AvgIpc) is 2.67. The van der Waals surface area contributed by atoms with E-state index in [0.29, 0.717) is 17.9 Å². The smallest absolute Gasteiger partial charge is 0.219 e. The van der Waals surface area contributed by atoms with Crippen LogP contribution < -0.4 is 10.6 Å². The van der Waals surface area contributed by atoms with E-state index in [2.05, 4.69) is 24.5 Å². The maximum absolute atomic E-state index is 10.9. The van der Waals surface area contributed by atoms with Crippen LogP contribution in [0.5, 0.6) is 0 Å². The molecule has 0 saturated heterocycles. The standard InChI is InChI=1S/C10H20N2O/c1-10(2)7-8(10)12-6-4-5-9(13)11-3/h8,12H,4-7H2,1-3H3,(H,11,13). The zero-order valence-electron chi connectivity index (χ0n) is 8.81. The Bertz CT molecular complexity index is 189. The highest BCUT2D eigenvalue weighted by molar-refractivity contribution is 5.75. The molecule has 1 atom stereocenters. The van der Waals surface area contributed by atoms with Gasteiger partial charge in [-0.1, -0.05) is 13.8 Å². The molecular weight excluding hydrogens is 164 g/mol. The Morgan fingerprint density at radius 1 is 1.54 bits per heavy atom. The van der Waals surface area contributed by atoms with Gasteiger partial charge in [-0.2, -0.15) is 0 Å². The molecule has 1 saturated carbocycles. The molecule has 3 nitrogen and oxygen atoms in total. The van der Waals surface area contributed by atoms with Crippen LogP contribution in [0.15, 0.2) is 0 Å². The first-order chi connectivity index (χ1) is 6.06. The highest BCUT2D eigenvalue weighted by Crippen LogP contribution is 2.44. The van der Waals surface area contributed by atoms with Gasteiger partial charge in [0.05, 0.1) is 0 Å². The topological polar surface area (TPSA) is 41.1 Å². The van der Waals surface area contributed by atoms with Crippen molar-refractivity contribution in [2.45, 2.75) is 39.2 Å². The van der Waals surface area contributed by atoms with E-state index in [4.69, 9.17) is 0 Å². The van der Waals surface area contributed by atoms with E-state index in [1.165, 1.54) is 6.42 Å². The number of carbonyl (C=O) groups excluding carboxylic acids is 1. The zero-order chi connectivity index (χ0) is 9.90. The Morgan fingerprint density at radius 2 is 2.15 bits per heavy atom. The Morgan fingerprint density at radius 3 is 2.62 bits per heavy atom. The van der Waals surface area contributed by atoms with E-state index >= 15 is 0 Å². The number of carbonyl (C=O) groups is 1. The number of hydrogen-bond donors (Lipinski definition) is 2. The summed E-state index contributed by atoms with van der Waals surface area (Å²) in [5.74, 6) is 0.136. The molecule has 0 spiro atoms. The molecule has 0 aromatic rings. The molecule has 1 aliphatic rings. The van der Waals surface area contributed by atoms with Gasteiger partial charge in [0.1, 0.15) is 0 Å². The molecular formula is C10H20N2O. The largest absolute Gasteiger partial charge is 0.359 e. The van der Waals surface area contributed by atoms with Gasteiger partial charge in [0.2, 0.25) is 5.91 Å². The lowest BCUT2D eigenvalue weighted by molar-refractivity contribution is -0.120. The SMILES string of the molecule is CNC(=O)CCCNC1CC1(C)C. The molecule has 76 valence electrons. The van der Waals surface area contributed by atoms with E-state index in [0.717, 1.165) is 13.0 Å². The maximum Gasteiger partial charge on any atom is 0.219 e. The lowest BCUT2D eigenvalue weighted by Crippen LogP contribution is -2.24. The fourth-order valence-electron chi connectivity index (χ4n) is 1.47. The second-order valence-electron chi connectivity index (χ2n) is 4.48. The van der Waals surface area contributed by atoms with E-state index in [1.807, 2.05) is 0 Å². The quantitative estimate of drug-likeness (QED) is 0.623. The minimum Gasteiger partial charge on any atom is -0.359 e. The molecule has 3 heteroatoms. The molecule has 0 aromatic carbocycles. The number of rotatable bonds is 5. The van der Waals surface area contributed by atoms with Crippen LogP contribution in [0.25, 0.3) is 0 Å². The fourth-order valence-corrected chi connectivity index (χ4v) is 1.47. The van der Waals surface area contributed by atoms with Crippen molar-refractivity contribution < 1.29 is 4.79 Å². The average molecular weight is 184 g/mol. The number of nitrogens with one attached hydrogen (secondary N) is 2. The van der Waals surface area contributed by atoms with Crippen LogP contribution in [0.3, 0.4) is 0 Å². The van der Waals surface area contributed by atoms with Gasteiger partial charge in [0.15, 0.2) is 0 Å². The lowest BCUT2D eigenvalue weighted by Gasteiger charge is -2.05. The third-order valence-corrected chi connectivity index (χ3v) is 2.76. The van der Waals surface area contributed by atoms with Crippen molar-refractivity contribution in [1.29, 1.82) is 0 Å². The third-order valence-electron chi connectivity index (χ3n) is 2.76. The van der Waals surface area contributed by atoms with E-state index in [1.54, 1.807) is 7.05 Å². The minimum absolute atomic E-state index is 0.136. The predicted octanol–water partition coefficient (Wildman–Crippen LogP) is 0.901. The van der Waals surface area contributed by atoms with Gasteiger partial charge in [-0.3, -0.25) is 4.79 Å². The van der Waals surface area contributed by atoms with Gasteiger partial charge in [-0.25, -0.2) is 0 Å². The van der Waals surface area contributed by atoms with Crippen LogP contribution in [0.4, 0.5) is 0 Å². The first-order valence-electron chi connectivity index (χ1n) is 5.00. The van der Waals surface area contributed by atoms with Gasteiger partial charge >= 0.3 is 0 Å². The Labute approximate surface area is 80.3 Å². The second kappa shape index (κ2) is 4.09. The summed E-state index contributed by atoms with van der Waals surface area (Å²) >= 11 is 0. The summed E-state index contributed by atoms with van der Waals surface area (Å²) in [5, 5.41) is 6.06. The summed E-state index contributed by atoms with van der Waals surface area (Å²) in [6, 6.07) is 0.678. The Balaban J connectivity index is 1.94. The molecule has 1 unspecified atom stereocenters. The number of hydrogen-bond acceptors (Lipinski definition) is 2. The van der Waals surface area contributed by atoms with Gasteiger partial charge in [0.25, 0.3) is 0 Å². The van der Waals surface area contributed by atoms with Gasteiger partial charge < -0.3 is 10.6 Å². The summed E-state index contributed by atoms with van der Waals surface area (Å²) in [6.45, 7) is 5.49. The second-order valence-corrected chi connectivity index (χ2v) is 4.48. The summed E-state index contributed by atoms with van der Waals surface area (Å²) in [4.78, 5) is 10.9. The van der Waals surface area contributed by atoms with E-state index in [9.17, 15) is 4.79 Å². The van der Waals surface area contributed by atoms with Crippen molar-refractivity contribution in [2.75, 3.05) is 13.6 Å². The molecule has 0 heterocycles. The molecule has 1 rings (SSSR count). The number of amides is 1. The molecule has 0 aromatic heterocycles. The minimum atomic E-state index is 0.136. The van der Waals surface area contributed by atoms with Crippen molar-refractivity contribution in [3.63, 3.8) is 0 Å². The molecule has 1 amide bonds. The lowest BCUT2D eigenvalue weighted by atomic mass is 10.2. The van der Waals surface area contributed by atoms with Crippen LogP contribution in [-0.2, 0) is 4.79 Å². The molecule has 0 radical (unpaired) electrons. The third kappa shape index (κ3) is 3.35. The van der Waals surface area contributed by atoms with Gasteiger partial charge in [0, 0.05) is 19.5 Å². The predicted molar refractivity (Wildman–Crippen MR) is 53.5 cm³/mol. The molecule has 13 heavy (non-hydrogen) atoms. The summed E-state index contributed by atoms with van der Waals surface area (Å²) in [6.07, 6.45) is 2.84. The Hall–Kier alpha value is -0.570. The first-order valence-corrected chi connectivity index (χ1v) is 5.00. The van der Waals surface area contributed by atoms with Gasteiger partial charge in [-0.05, 0) is 24.8 Å². The molecule has 0 bridgehead atoms. The van der Waals surface area contributed by atoms with E-state index in [-0.39, 0.29) is 5.91 Å². The molecule has 2 N–H and O–H groups in total. The van der Waals surface area contributed by atoms with E-state index < -0.39 is 0 Å². The zero-order valence-corrected chi connectivity index (χ0v) is 8.81. The van der Waals surface area contributed by atoms with Crippen molar-refractivity contribution in [3.8, 4) is 0 Å². The highest BCUT2D eigenvalue weighted by Gasteiger charge is 2.44. The normalized spacial score (nSPS) is 24.1. The van der Waals surface area contributed by atoms with Crippen molar-refractivity contribution in [1.82, 2.24) is 10.6 Å². The Kier molecular flexibility index (Phi) is 3.31. The molecule has 0 aliphatic heterocycles. The monoisotopic (exact) mass is 184 g/mol. The van der Waals surface area contributed by atoms with Crippen molar-refractivity contribution >= 4 is 5.91 Å². The molecule has 1 fully saturated rings. The summed E-state index contributed by atoms with van der Waals surface area (Å²) in [7, 11) is 1.68. The van der Waals surface area contributed by atoms with Crippen molar-refractivity contribution in [2.24, 2.45) is 5.41 Å². The van der Waals surface area contributed by atoms with Crippen LogP contribution in [0.2, 0.25) is 0 Å². The van der Waals surface area contributed by atoms with Crippen LogP contribution in [0, 0.1) is 5.41 Å². The van der Waals surface area contributed by atoms with Crippen LogP contribution in [-0.4, -0.2) is 25.5 Å². The summed E-state index contributed by atoms with van der Waals surface area (Å²) in [5.41, 5.74) is 0.493. The highest BCUT2D eigenvalue weighted by atomic mass is 16.1. The first kappa shape index (κ1) is 10.5. The van der Waals surface area contributed by atoms with Crippen LogP contribution >= 0.6 is 0 Å². The molecule has 1 aliphatic carbocycles. The fraction of sp³-hybridized carbons (Fsp3) is 0.900. The van der Waals surface area contributed by atoms with Crippen LogP contribution in [0.1, 0.15) is 33.1 Å². The van der Waals surface area contributed by atoms with Gasteiger partial charge in [-0.15, -0.1) is 0 Å². The maximum atomic E-state index is 10.9.